The summed E-state index contributed by atoms with van der Waals surface area (Å²) >= 11 is 0. The SMILES string of the molecule is CCN(CCCNC(=O)c1ccc(S(=O)(=O)NC(C)(C)C)o1)c1ccccc1. The minimum atomic E-state index is -3.80. The molecule has 2 rings (SSSR count). The summed E-state index contributed by atoms with van der Waals surface area (Å²) in [6, 6.07) is 12.7. The Kier molecular flexibility index (Phi) is 7.26. The van der Waals surface area contributed by atoms with Gasteiger partial charge in [0.2, 0.25) is 5.09 Å². The number of carbonyl (C=O) groups excluding carboxylic acids is 1. The van der Waals surface area contributed by atoms with E-state index in [0.717, 1.165) is 25.2 Å². The summed E-state index contributed by atoms with van der Waals surface area (Å²) in [5.74, 6) is -0.454. The largest absolute Gasteiger partial charge is 0.438 e. The molecule has 0 aliphatic carbocycles. The molecule has 0 fully saturated rings. The minimum Gasteiger partial charge on any atom is -0.438 e. The maximum Gasteiger partial charge on any atom is 0.287 e. The van der Waals surface area contributed by atoms with Gasteiger partial charge >= 0.3 is 0 Å². The predicted molar refractivity (Wildman–Crippen MR) is 110 cm³/mol. The van der Waals surface area contributed by atoms with Crippen LogP contribution in [0, 0.1) is 0 Å². The molecule has 2 aromatic rings. The van der Waals surface area contributed by atoms with Gasteiger partial charge in [-0.25, -0.2) is 13.1 Å². The molecule has 0 spiro atoms. The lowest BCUT2D eigenvalue weighted by atomic mass is 10.1. The first-order valence-electron chi connectivity index (χ1n) is 9.34. The van der Waals surface area contributed by atoms with Gasteiger partial charge in [0.1, 0.15) is 0 Å². The van der Waals surface area contributed by atoms with Crippen LogP contribution in [0.5, 0.6) is 0 Å². The Morgan fingerprint density at radius 2 is 1.79 bits per heavy atom. The van der Waals surface area contributed by atoms with Crippen molar-refractivity contribution in [2.45, 2.75) is 44.7 Å². The smallest absolute Gasteiger partial charge is 0.287 e. The highest BCUT2D eigenvalue weighted by Crippen LogP contribution is 2.16. The van der Waals surface area contributed by atoms with E-state index < -0.39 is 21.5 Å². The van der Waals surface area contributed by atoms with Gasteiger partial charge in [-0.1, -0.05) is 18.2 Å². The van der Waals surface area contributed by atoms with Crippen molar-refractivity contribution < 1.29 is 17.6 Å². The fraction of sp³-hybridized carbons (Fsp3) is 0.450. The van der Waals surface area contributed by atoms with E-state index in [1.165, 1.54) is 12.1 Å². The van der Waals surface area contributed by atoms with Crippen LogP contribution in [-0.2, 0) is 10.0 Å². The van der Waals surface area contributed by atoms with Crippen LogP contribution in [0.1, 0.15) is 44.7 Å². The first kappa shape index (κ1) is 22.0. The number of benzene rings is 1. The molecule has 0 unspecified atom stereocenters. The van der Waals surface area contributed by atoms with E-state index in [1.807, 2.05) is 18.2 Å². The number of nitrogens with one attached hydrogen (secondary N) is 2. The van der Waals surface area contributed by atoms with Crippen LogP contribution in [0.3, 0.4) is 0 Å². The van der Waals surface area contributed by atoms with Gasteiger partial charge in [-0.2, -0.15) is 0 Å². The highest BCUT2D eigenvalue weighted by Gasteiger charge is 2.26. The average molecular weight is 408 g/mol. The van der Waals surface area contributed by atoms with Gasteiger partial charge in [0.15, 0.2) is 5.76 Å². The second-order valence-corrected chi connectivity index (χ2v) is 9.11. The summed E-state index contributed by atoms with van der Waals surface area (Å²) in [5, 5.41) is 2.50. The second kappa shape index (κ2) is 9.25. The van der Waals surface area contributed by atoms with Gasteiger partial charge in [0.25, 0.3) is 15.9 Å². The van der Waals surface area contributed by atoms with Crippen molar-refractivity contribution in [3.63, 3.8) is 0 Å². The maximum atomic E-state index is 12.2. The summed E-state index contributed by atoms with van der Waals surface area (Å²) in [4.78, 5) is 14.4. The van der Waals surface area contributed by atoms with Crippen molar-refractivity contribution in [1.82, 2.24) is 10.0 Å². The standard InChI is InChI=1S/C20H29N3O4S/c1-5-23(16-10-7-6-8-11-16)15-9-14-21-19(24)17-12-13-18(27-17)28(25,26)22-20(2,3)4/h6-8,10-13,22H,5,9,14-15H2,1-4H3,(H,21,24). The Hall–Kier alpha value is -2.32. The number of hydrogen-bond acceptors (Lipinski definition) is 5. The molecule has 0 atom stereocenters. The highest BCUT2D eigenvalue weighted by molar-refractivity contribution is 7.89. The van der Waals surface area contributed by atoms with Crippen molar-refractivity contribution in [3.05, 3.63) is 48.2 Å². The summed E-state index contributed by atoms with van der Waals surface area (Å²) < 4.78 is 32.2. The lowest BCUT2D eigenvalue weighted by molar-refractivity contribution is 0.0920. The molecule has 0 saturated heterocycles. The topological polar surface area (TPSA) is 91.7 Å². The summed E-state index contributed by atoms with van der Waals surface area (Å²) in [6.07, 6.45) is 0.756. The molecule has 0 aliphatic heterocycles. The molecule has 0 bridgehead atoms. The van der Waals surface area contributed by atoms with Crippen molar-refractivity contribution in [3.8, 4) is 0 Å². The lowest BCUT2D eigenvalue weighted by Gasteiger charge is -2.23. The van der Waals surface area contributed by atoms with Gasteiger partial charge in [-0.3, -0.25) is 4.79 Å². The van der Waals surface area contributed by atoms with E-state index in [9.17, 15) is 13.2 Å². The molecule has 0 radical (unpaired) electrons. The van der Waals surface area contributed by atoms with Crippen molar-refractivity contribution in [2.24, 2.45) is 0 Å². The van der Waals surface area contributed by atoms with Crippen LogP contribution in [-0.4, -0.2) is 39.5 Å². The van der Waals surface area contributed by atoms with E-state index in [2.05, 4.69) is 34.0 Å². The molecule has 8 heteroatoms. The van der Waals surface area contributed by atoms with E-state index in [-0.39, 0.29) is 10.9 Å². The van der Waals surface area contributed by atoms with E-state index in [0.29, 0.717) is 6.54 Å². The molecule has 154 valence electrons. The zero-order valence-electron chi connectivity index (χ0n) is 16.9. The molecule has 1 aromatic heterocycles. The van der Waals surface area contributed by atoms with Crippen molar-refractivity contribution >= 4 is 21.6 Å². The van der Waals surface area contributed by atoms with E-state index >= 15 is 0 Å². The quantitative estimate of drug-likeness (QED) is 0.624. The van der Waals surface area contributed by atoms with Gasteiger partial charge in [0.05, 0.1) is 0 Å². The first-order chi connectivity index (χ1) is 13.1. The Balaban J connectivity index is 1.86. The Morgan fingerprint density at radius 1 is 1.11 bits per heavy atom. The van der Waals surface area contributed by atoms with Crippen LogP contribution in [0.2, 0.25) is 0 Å². The van der Waals surface area contributed by atoms with Gasteiger partial charge in [-0.15, -0.1) is 0 Å². The molecule has 28 heavy (non-hydrogen) atoms. The lowest BCUT2D eigenvalue weighted by Crippen LogP contribution is -2.40. The minimum absolute atomic E-state index is 0.0234. The summed E-state index contributed by atoms with van der Waals surface area (Å²) in [6.45, 7) is 9.42. The number of furan rings is 1. The monoisotopic (exact) mass is 407 g/mol. The van der Waals surface area contributed by atoms with Crippen LogP contribution >= 0.6 is 0 Å². The molecule has 1 heterocycles. The average Bonchev–Trinajstić information content (AvgIpc) is 3.12. The molecule has 1 aromatic carbocycles. The summed E-state index contributed by atoms with van der Waals surface area (Å²) in [5.41, 5.74) is 0.501. The van der Waals surface area contributed by atoms with E-state index in [1.54, 1.807) is 20.8 Å². The van der Waals surface area contributed by atoms with Crippen LogP contribution < -0.4 is 14.9 Å². The number of anilines is 1. The van der Waals surface area contributed by atoms with Crippen LogP contribution in [0.15, 0.2) is 52.0 Å². The highest BCUT2D eigenvalue weighted by atomic mass is 32.2. The molecule has 0 aliphatic rings. The van der Waals surface area contributed by atoms with Crippen molar-refractivity contribution in [1.29, 1.82) is 0 Å². The number of rotatable bonds is 9. The number of para-hydroxylation sites is 1. The third kappa shape index (κ3) is 6.38. The molecular formula is C20H29N3O4S. The number of carbonyl (C=O) groups is 1. The fourth-order valence-corrected chi connectivity index (χ4v) is 4.06. The normalized spacial score (nSPS) is 12.0. The van der Waals surface area contributed by atoms with Crippen LogP contribution in [0.25, 0.3) is 0 Å². The van der Waals surface area contributed by atoms with Gasteiger partial charge in [-0.05, 0) is 58.4 Å². The second-order valence-electron chi connectivity index (χ2n) is 7.50. The van der Waals surface area contributed by atoms with Crippen molar-refractivity contribution in [2.75, 3.05) is 24.5 Å². The molecule has 1 amide bonds. The Labute approximate surface area is 167 Å². The Morgan fingerprint density at radius 3 is 2.39 bits per heavy atom. The number of hydrogen-bond donors (Lipinski definition) is 2. The zero-order valence-corrected chi connectivity index (χ0v) is 17.7. The summed E-state index contributed by atoms with van der Waals surface area (Å²) in [7, 11) is -3.80. The number of nitrogens with zero attached hydrogens (tertiary/aromatic N) is 1. The van der Waals surface area contributed by atoms with Gasteiger partial charge < -0.3 is 14.6 Å². The fourth-order valence-electron chi connectivity index (χ4n) is 2.71. The third-order valence-electron chi connectivity index (χ3n) is 3.90. The van der Waals surface area contributed by atoms with E-state index in [4.69, 9.17) is 4.42 Å². The Bertz CT molecular complexity index is 870. The van der Waals surface area contributed by atoms with Gasteiger partial charge in [0, 0.05) is 30.9 Å². The molecule has 2 N–H and O–H groups in total. The number of sulfonamides is 1. The molecule has 7 nitrogen and oxygen atoms in total. The number of amides is 1. The first-order valence-corrected chi connectivity index (χ1v) is 10.8. The third-order valence-corrected chi connectivity index (χ3v) is 5.53. The molecular weight excluding hydrogens is 378 g/mol. The maximum absolute atomic E-state index is 12.2. The molecule has 0 saturated carbocycles. The zero-order chi connectivity index (χ0) is 20.8. The predicted octanol–water partition coefficient (Wildman–Crippen LogP) is 3.00. The van der Waals surface area contributed by atoms with Crippen LogP contribution in [0.4, 0.5) is 5.69 Å².